The summed E-state index contributed by atoms with van der Waals surface area (Å²) in [5, 5.41) is 0. The van der Waals surface area contributed by atoms with Gasteiger partial charge in [-0.2, -0.15) is 0 Å². The van der Waals surface area contributed by atoms with Gasteiger partial charge in [-0.3, -0.25) is 0 Å². The largest absolute Gasteiger partial charge is 0.0622 e. The van der Waals surface area contributed by atoms with Crippen LogP contribution in [0, 0.1) is 5.92 Å². The number of benzene rings is 3. The SMILES string of the molecule is CC(CC(CC1c2ccccc2CC1C)c1ccccc1)c1ccccc1. The highest BCUT2D eigenvalue weighted by molar-refractivity contribution is 5.37. The maximum Gasteiger partial charge on any atom is -0.0125 e. The van der Waals surface area contributed by atoms with Crippen molar-refractivity contribution < 1.29 is 0 Å². The third kappa shape index (κ3) is 4.00. The fraction of sp³-hybridized carbons (Fsp3) is 0.333. The van der Waals surface area contributed by atoms with E-state index in [2.05, 4.69) is 98.8 Å². The van der Waals surface area contributed by atoms with Crippen LogP contribution in [0.3, 0.4) is 0 Å². The van der Waals surface area contributed by atoms with Gasteiger partial charge in [-0.25, -0.2) is 0 Å². The van der Waals surface area contributed by atoms with E-state index in [1.165, 1.54) is 30.4 Å². The van der Waals surface area contributed by atoms with E-state index in [0.717, 1.165) is 5.92 Å². The van der Waals surface area contributed by atoms with E-state index < -0.39 is 0 Å². The maximum atomic E-state index is 2.44. The summed E-state index contributed by atoms with van der Waals surface area (Å²) in [6.45, 7) is 4.82. The standard InChI is InChI=1S/C27H30/c1-20(22-11-5-3-6-12-22)17-25(23-13-7-4-8-14-23)19-27-21(2)18-24-15-9-10-16-26(24)27/h3-16,20-21,25,27H,17-19H2,1-2H3. The molecule has 0 N–H and O–H groups in total. The average molecular weight is 355 g/mol. The van der Waals surface area contributed by atoms with Gasteiger partial charge in [-0.15, -0.1) is 0 Å². The van der Waals surface area contributed by atoms with Gasteiger partial charge >= 0.3 is 0 Å². The molecule has 27 heavy (non-hydrogen) atoms. The zero-order valence-corrected chi connectivity index (χ0v) is 16.5. The summed E-state index contributed by atoms with van der Waals surface area (Å²) >= 11 is 0. The van der Waals surface area contributed by atoms with Gasteiger partial charge in [0.25, 0.3) is 0 Å². The normalized spacial score (nSPS) is 20.8. The molecule has 138 valence electrons. The van der Waals surface area contributed by atoms with Crippen LogP contribution in [0.5, 0.6) is 0 Å². The molecule has 0 amide bonds. The Morgan fingerprint density at radius 1 is 0.778 bits per heavy atom. The lowest BCUT2D eigenvalue weighted by Crippen LogP contribution is -2.12. The average Bonchev–Trinajstić information content (AvgIpc) is 3.04. The molecule has 3 aromatic rings. The molecule has 0 saturated carbocycles. The molecule has 0 nitrogen and oxygen atoms in total. The first-order valence-electron chi connectivity index (χ1n) is 10.4. The third-order valence-corrected chi connectivity index (χ3v) is 6.50. The predicted molar refractivity (Wildman–Crippen MR) is 115 cm³/mol. The van der Waals surface area contributed by atoms with E-state index in [0.29, 0.717) is 17.8 Å². The fourth-order valence-electron chi connectivity index (χ4n) is 4.98. The van der Waals surface area contributed by atoms with Crippen molar-refractivity contribution >= 4 is 0 Å². The molecular formula is C27H30. The van der Waals surface area contributed by atoms with Crippen LogP contribution in [0.1, 0.15) is 66.7 Å². The molecule has 1 aliphatic rings. The Kier molecular flexibility index (Phi) is 5.43. The van der Waals surface area contributed by atoms with Gasteiger partial charge in [0.1, 0.15) is 0 Å². The van der Waals surface area contributed by atoms with Gasteiger partial charge in [-0.05, 0) is 65.2 Å². The predicted octanol–water partition coefficient (Wildman–Crippen LogP) is 7.33. The molecule has 0 aromatic heterocycles. The van der Waals surface area contributed by atoms with Crippen molar-refractivity contribution in [3.8, 4) is 0 Å². The molecule has 0 radical (unpaired) electrons. The van der Waals surface area contributed by atoms with Crippen LogP contribution < -0.4 is 0 Å². The van der Waals surface area contributed by atoms with Gasteiger partial charge in [0.2, 0.25) is 0 Å². The minimum Gasteiger partial charge on any atom is -0.0622 e. The van der Waals surface area contributed by atoms with Crippen molar-refractivity contribution in [3.05, 3.63) is 107 Å². The van der Waals surface area contributed by atoms with Crippen LogP contribution in [0.15, 0.2) is 84.9 Å². The highest BCUT2D eigenvalue weighted by atomic mass is 14.4. The molecule has 3 aromatic carbocycles. The molecule has 0 saturated heterocycles. The summed E-state index contributed by atoms with van der Waals surface area (Å²) in [5.41, 5.74) is 6.12. The molecule has 4 atom stereocenters. The lowest BCUT2D eigenvalue weighted by molar-refractivity contribution is 0.407. The Bertz CT molecular complexity index is 849. The molecule has 0 aliphatic heterocycles. The van der Waals surface area contributed by atoms with E-state index in [-0.39, 0.29) is 0 Å². The number of fused-ring (bicyclic) bond motifs is 1. The summed E-state index contributed by atoms with van der Waals surface area (Å²) in [6.07, 6.45) is 3.69. The minimum atomic E-state index is 0.573. The van der Waals surface area contributed by atoms with Gasteiger partial charge in [0.05, 0.1) is 0 Å². The van der Waals surface area contributed by atoms with Crippen molar-refractivity contribution in [2.24, 2.45) is 5.92 Å². The molecule has 0 spiro atoms. The molecule has 4 rings (SSSR count). The van der Waals surface area contributed by atoms with Crippen molar-refractivity contribution in [1.82, 2.24) is 0 Å². The van der Waals surface area contributed by atoms with Crippen LogP contribution in [0.2, 0.25) is 0 Å². The second-order valence-electron chi connectivity index (χ2n) is 8.38. The topological polar surface area (TPSA) is 0 Å². The summed E-state index contributed by atoms with van der Waals surface area (Å²) in [4.78, 5) is 0. The van der Waals surface area contributed by atoms with Crippen molar-refractivity contribution in [2.75, 3.05) is 0 Å². The Balaban J connectivity index is 1.59. The second-order valence-corrected chi connectivity index (χ2v) is 8.38. The maximum absolute atomic E-state index is 2.44. The Labute approximate surface area is 164 Å². The number of rotatable bonds is 6. The van der Waals surface area contributed by atoms with Gasteiger partial charge < -0.3 is 0 Å². The summed E-state index contributed by atoms with van der Waals surface area (Å²) < 4.78 is 0. The van der Waals surface area contributed by atoms with E-state index in [4.69, 9.17) is 0 Å². The molecule has 0 heterocycles. The van der Waals surface area contributed by atoms with Crippen LogP contribution in [0.4, 0.5) is 0 Å². The van der Waals surface area contributed by atoms with E-state index in [1.807, 2.05) is 0 Å². The van der Waals surface area contributed by atoms with Crippen LogP contribution in [-0.4, -0.2) is 0 Å². The highest BCUT2D eigenvalue weighted by Gasteiger charge is 2.31. The van der Waals surface area contributed by atoms with E-state index >= 15 is 0 Å². The summed E-state index contributed by atoms with van der Waals surface area (Å²) in [5.74, 6) is 2.58. The monoisotopic (exact) mass is 354 g/mol. The van der Waals surface area contributed by atoms with Gasteiger partial charge in [-0.1, -0.05) is 98.8 Å². The van der Waals surface area contributed by atoms with Crippen molar-refractivity contribution in [2.45, 2.75) is 50.9 Å². The second kappa shape index (κ2) is 8.13. The first-order chi connectivity index (χ1) is 13.2. The minimum absolute atomic E-state index is 0.573. The van der Waals surface area contributed by atoms with Gasteiger partial charge in [0.15, 0.2) is 0 Å². The summed E-state index contributed by atoms with van der Waals surface area (Å²) in [7, 11) is 0. The zero-order chi connectivity index (χ0) is 18.6. The van der Waals surface area contributed by atoms with Gasteiger partial charge in [0, 0.05) is 0 Å². The lowest BCUT2D eigenvalue weighted by atomic mass is 9.77. The van der Waals surface area contributed by atoms with Crippen molar-refractivity contribution in [1.29, 1.82) is 0 Å². The molecule has 0 fully saturated rings. The molecule has 0 bridgehead atoms. The molecule has 4 unspecified atom stereocenters. The van der Waals surface area contributed by atoms with Crippen LogP contribution in [0.25, 0.3) is 0 Å². The Morgan fingerprint density at radius 2 is 1.37 bits per heavy atom. The van der Waals surface area contributed by atoms with E-state index in [1.54, 1.807) is 11.1 Å². The molecule has 0 heteroatoms. The fourth-order valence-corrected chi connectivity index (χ4v) is 4.98. The summed E-state index contributed by atoms with van der Waals surface area (Å²) in [6, 6.07) is 31.3. The lowest BCUT2D eigenvalue weighted by Gasteiger charge is -2.27. The quantitative estimate of drug-likeness (QED) is 0.434. The Hall–Kier alpha value is -2.34. The molecular weight excluding hydrogens is 324 g/mol. The first kappa shape index (κ1) is 18.0. The smallest absolute Gasteiger partial charge is 0.0125 e. The third-order valence-electron chi connectivity index (χ3n) is 6.50. The zero-order valence-electron chi connectivity index (χ0n) is 16.5. The highest BCUT2D eigenvalue weighted by Crippen LogP contribution is 2.45. The van der Waals surface area contributed by atoms with E-state index in [9.17, 15) is 0 Å². The number of hydrogen-bond acceptors (Lipinski definition) is 0. The van der Waals surface area contributed by atoms with Crippen LogP contribution in [-0.2, 0) is 6.42 Å². The van der Waals surface area contributed by atoms with Crippen molar-refractivity contribution in [3.63, 3.8) is 0 Å². The molecule has 1 aliphatic carbocycles. The number of hydrogen-bond donors (Lipinski definition) is 0. The Morgan fingerprint density at radius 3 is 2.07 bits per heavy atom. The first-order valence-corrected chi connectivity index (χ1v) is 10.4. The van der Waals surface area contributed by atoms with Crippen LogP contribution >= 0.6 is 0 Å².